The van der Waals surface area contributed by atoms with Gasteiger partial charge in [0.2, 0.25) is 6.29 Å². The van der Waals surface area contributed by atoms with Gasteiger partial charge in [0.15, 0.2) is 24.0 Å². The minimum Gasteiger partial charge on any atom is -0.497 e. The number of rotatable bonds is 14. The second-order valence-corrected chi connectivity index (χ2v) is 18.0. The van der Waals surface area contributed by atoms with Crippen LogP contribution in [0.3, 0.4) is 0 Å². The smallest absolute Gasteiger partial charge is 0.229 e. The molecule has 6 aliphatic rings. The number of fused-ring (bicyclic) bond motifs is 2. The summed E-state index contributed by atoms with van der Waals surface area (Å²) in [5.41, 5.74) is 3.05. The van der Waals surface area contributed by atoms with E-state index in [-0.39, 0.29) is 6.61 Å². The van der Waals surface area contributed by atoms with Crippen molar-refractivity contribution in [2.45, 2.75) is 157 Å². The van der Waals surface area contributed by atoms with Gasteiger partial charge in [-0.25, -0.2) is 0 Å². The third kappa shape index (κ3) is 10.1. The molecule has 2 aliphatic carbocycles. The molecule has 64 heavy (non-hydrogen) atoms. The highest BCUT2D eigenvalue weighted by Gasteiger charge is 2.60. The number of hydrogen-bond acceptors (Lipinski definition) is 12. The summed E-state index contributed by atoms with van der Waals surface area (Å²) in [4.78, 5) is 0. The summed E-state index contributed by atoms with van der Waals surface area (Å²) < 4.78 is 82.1. The van der Waals surface area contributed by atoms with Crippen molar-refractivity contribution in [1.29, 1.82) is 0 Å². The lowest BCUT2D eigenvalue weighted by atomic mass is 9.90. The molecule has 4 saturated heterocycles. The van der Waals surface area contributed by atoms with E-state index in [0.717, 1.165) is 80.9 Å². The molecule has 12 heteroatoms. The fourth-order valence-corrected chi connectivity index (χ4v) is 10.2. The van der Waals surface area contributed by atoms with Gasteiger partial charge in [0.1, 0.15) is 54.2 Å². The van der Waals surface area contributed by atoms with Crippen molar-refractivity contribution < 1.29 is 56.8 Å². The molecule has 0 N–H and O–H groups in total. The van der Waals surface area contributed by atoms with Gasteiger partial charge >= 0.3 is 0 Å². The van der Waals surface area contributed by atoms with Crippen molar-refractivity contribution in [1.82, 2.24) is 0 Å². The van der Waals surface area contributed by atoms with Gasteiger partial charge in [-0.15, -0.1) is 0 Å². The Bertz CT molecular complexity index is 2030. The van der Waals surface area contributed by atoms with E-state index in [1.807, 2.05) is 78.9 Å². The van der Waals surface area contributed by atoms with Gasteiger partial charge in [-0.05, 0) is 66.6 Å². The number of hydrogen-bond donors (Lipinski definition) is 0. The van der Waals surface area contributed by atoms with E-state index in [9.17, 15) is 0 Å². The molecule has 2 spiro atoms. The van der Waals surface area contributed by atoms with E-state index in [1.54, 1.807) is 7.11 Å². The molecular weight excluding hydrogens is 817 g/mol. The number of ether oxygens (including phenoxy) is 12. The van der Waals surface area contributed by atoms with Crippen LogP contribution in [0.25, 0.3) is 0 Å². The monoisotopic (exact) mass is 878 g/mol. The van der Waals surface area contributed by atoms with Crippen LogP contribution < -0.4 is 9.47 Å². The van der Waals surface area contributed by atoms with Gasteiger partial charge in [-0.3, -0.25) is 0 Å². The van der Waals surface area contributed by atoms with Crippen molar-refractivity contribution in [3.05, 3.63) is 132 Å². The van der Waals surface area contributed by atoms with Crippen LogP contribution in [-0.4, -0.2) is 93.3 Å². The van der Waals surface area contributed by atoms with Crippen LogP contribution >= 0.6 is 0 Å². The molecule has 4 aromatic rings. The van der Waals surface area contributed by atoms with E-state index in [1.165, 1.54) is 0 Å². The highest BCUT2D eigenvalue weighted by Crippen LogP contribution is 2.46. The summed E-state index contributed by atoms with van der Waals surface area (Å²) in [6.45, 7) is 1.56. The van der Waals surface area contributed by atoms with Crippen molar-refractivity contribution in [2.24, 2.45) is 0 Å². The zero-order chi connectivity index (χ0) is 43.2. The minimum atomic E-state index is -1.00. The van der Waals surface area contributed by atoms with Gasteiger partial charge < -0.3 is 56.8 Å². The SMILES string of the molecule is COc1ccc(O[C@@H]2O[C@@H]3COC4(CCCCC4)O[C@H]3[C@H](OCc3ccccc3)[C@H]2O[C@H]2O[C@@H]3COC4(CCCCC4)O[C@H]3[C@H](OCc3ccccc3)[C@H]2OCc2ccccc2)cc1. The lowest BCUT2D eigenvalue weighted by Crippen LogP contribution is -2.70. The third-order valence-corrected chi connectivity index (χ3v) is 13.6. The van der Waals surface area contributed by atoms with Crippen LogP contribution in [-0.2, 0) is 67.2 Å². The Morgan fingerprint density at radius 3 is 1.36 bits per heavy atom. The molecule has 0 radical (unpaired) electrons. The molecule has 4 aromatic carbocycles. The van der Waals surface area contributed by atoms with Crippen molar-refractivity contribution in [2.75, 3.05) is 20.3 Å². The lowest BCUT2D eigenvalue weighted by molar-refractivity contribution is -0.429. The first-order valence-electron chi connectivity index (χ1n) is 23.4. The Balaban J connectivity index is 1.02. The molecule has 342 valence electrons. The summed E-state index contributed by atoms with van der Waals surface area (Å²) in [7, 11) is 1.64. The van der Waals surface area contributed by atoms with Crippen LogP contribution in [0.15, 0.2) is 115 Å². The molecule has 0 amide bonds. The maximum absolute atomic E-state index is 7.40. The molecule has 10 atom stereocenters. The van der Waals surface area contributed by atoms with Crippen LogP contribution in [0.4, 0.5) is 0 Å². The van der Waals surface area contributed by atoms with Gasteiger partial charge in [-0.2, -0.15) is 0 Å². The fourth-order valence-electron chi connectivity index (χ4n) is 10.2. The summed E-state index contributed by atoms with van der Waals surface area (Å²) in [6.07, 6.45) is 2.62. The zero-order valence-corrected chi connectivity index (χ0v) is 36.7. The van der Waals surface area contributed by atoms with E-state index >= 15 is 0 Å². The first-order chi connectivity index (χ1) is 31.5. The predicted octanol–water partition coefficient (Wildman–Crippen LogP) is 8.82. The molecule has 4 heterocycles. The predicted molar refractivity (Wildman–Crippen MR) is 234 cm³/mol. The Hall–Kier alpha value is -3.92. The molecule has 0 unspecified atom stereocenters. The Morgan fingerprint density at radius 1 is 0.469 bits per heavy atom. The normalized spacial score (nSPS) is 32.0. The quantitative estimate of drug-likeness (QED) is 0.121. The minimum absolute atomic E-state index is 0.285. The molecule has 6 fully saturated rings. The van der Waals surface area contributed by atoms with Crippen LogP contribution in [0.5, 0.6) is 11.5 Å². The summed E-state index contributed by atoms with van der Waals surface area (Å²) in [5, 5.41) is 0. The number of methoxy groups -OCH3 is 1. The first kappa shape index (κ1) is 43.9. The second kappa shape index (κ2) is 20.3. The molecule has 2 saturated carbocycles. The molecule has 0 aromatic heterocycles. The van der Waals surface area contributed by atoms with Gasteiger partial charge in [0.05, 0.1) is 40.1 Å². The van der Waals surface area contributed by atoms with Gasteiger partial charge in [-0.1, -0.05) is 104 Å². The van der Waals surface area contributed by atoms with Gasteiger partial charge in [0, 0.05) is 25.7 Å². The number of benzene rings is 4. The zero-order valence-electron chi connectivity index (χ0n) is 36.7. The van der Waals surface area contributed by atoms with E-state index < -0.39 is 73.0 Å². The summed E-state index contributed by atoms with van der Waals surface area (Å²) in [5.74, 6) is -0.163. The molecule has 10 rings (SSSR count). The van der Waals surface area contributed by atoms with Crippen LogP contribution in [0, 0.1) is 0 Å². The molecule has 12 nitrogen and oxygen atoms in total. The summed E-state index contributed by atoms with van der Waals surface area (Å²) in [6, 6.07) is 37.9. The maximum atomic E-state index is 7.40. The van der Waals surface area contributed by atoms with Gasteiger partial charge in [0.25, 0.3) is 0 Å². The Kier molecular flexibility index (Phi) is 13.9. The summed E-state index contributed by atoms with van der Waals surface area (Å²) >= 11 is 0. The average molecular weight is 879 g/mol. The van der Waals surface area contributed by atoms with E-state index in [4.69, 9.17) is 56.8 Å². The average Bonchev–Trinajstić information content (AvgIpc) is 3.34. The first-order valence-corrected chi connectivity index (χ1v) is 23.4. The topological polar surface area (TPSA) is 111 Å². The Morgan fingerprint density at radius 2 is 0.891 bits per heavy atom. The highest BCUT2D eigenvalue weighted by molar-refractivity contribution is 5.31. The highest BCUT2D eigenvalue weighted by atomic mass is 16.8. The van der Waals surface area contributed by atoms with Crippen molar-refractivity contribution in [3.8, 4) is 11.5 Å². The maximum Gasteiger partial charge on any atom is 0.229 e. The fraction of sp³-hybridized carbons (Fsp3) is 0.538. The Labute approximate surface area is 376 Å². The second-order valence-electron chi connectivity index (χ2n) is 18.0. The molecule has 4 aliphatic heterocycles. The van der Waals surface area contributed by atoms with E-state index in [0.29, 0.717) is 37.9 Å². The standard InChI is InChI=1S/C52H62O12/c1-53-39-23-25-40(26-24-39)59-50-48(46(55-32-37-19-9-3-10-20-37)44-42(61-50)35-58-52(64-44)29-15-6-16-30-52)62-49-47(56-33-38-21-11-4-12-22-38)45(54-31-36-17-7-2-8-18-36)43-41(60-49)34-57-51(63-43)27-13-5-14-28-51/h2-4,7-12,17-26,41-50H,5-6,13-16,27-35H2,1H3/t41-,42-,43-,44-,45+,46+,47-,48-,49-,50-/m1/s1. The molecule has 0 bridgehead atoms. The lowest BCUT2D eigenvalue weighted by Gasteiger charge is -2.55. The van der Waals surface area contributed by atoms with E-state index in [2.05, 4.69) is 36.4 Å². The van der Waals surface area contributed by atoms with Crippen LogP contribution in [0.2, 0.25) is 0 Å². The molecular formula is C52H62O12. The van der Waals surface area contributed by atoms with Crippen molar-refractivity contribution in [3.63, 3.8) is 0 Å². The van der Waals surface area contributed by atoms with Crippen molar-refractivity contribution >= 4 is 0 Å². The van der Waals surface area contributed by atoms with Crippen LogP contribution in [0.1, 0.15) is 80.9 Å². The largest absolute Gasteiger partial charge is 0.497 e. The third-order valence-electron chi connectivity index (χ3n) is 13.6.